The molecule has 0 bridgehead atoms. The van der Waals surface area contributed by atoms with Gasteiger partial charge in [0, 0.05) is 5.56 Å². The fourth-order valence-electron chi connectivity index (χ4n) is 3.01. The largest absolute Gasteiger partial charge is 0.493 e. The number of carbonyl (C=O) groups excluding carboxylic acids is 1. The van der Waals surface area contributed by atoms with Crippen molar-refractivity contribution in [2.75, 3.05) is 12.4 Å². The maximum Gasteiger partial charge on any atom is 0.265 e. The predicted octanol–water partition coefficient (Wildman–Crippen LogP) is 4.82. The molecule has 0 radical (unpaired) electrons. The number of amides is 1. The van der Waals surface area contributed by atoms with Crippen LogP contribution < -0.4 is 14.8 Å². The Morgan fingerprint density at radius 1 is 0.935 bits per heavy atom. The van der Waals surface area contributed by atoms with Crippen LogP contribution in [0.3, 0.4) is 0 Å². The highest BCUT2D eigenvalue weighted by molar-refractivity contribution is 5.97. The molecule has 7 nitrogen and oxygen atoms in total. The van der Waals surface area contributed by atoms with Crippen molar-refractivity contribution < 1.29 is 18.8 Å². The second kappa shape index (κ2) is 9.13. The number of nitrogens with one attached hydrogen (secondary N) is 1. The van der Waals surface area contributed by atoms with Crippen molar-refractivity contribution in [3.05, 3.63) is 78.9 Å². The van der Waals surface area contributed by atoms with Crippen LogP contribution in [0.1, 0.15) is 6.92 Å². The zero-order valence-electron chi connectivity index (χ0n) is 17.1. The van der Waals surface area contributed by atoms with Gasteiger partial charge < -0.3 is 19.3 Å². The zero-order chi connectivity index (χ0) is 21.6. The molecule has 0 fully saturated rings. The van der Waals surface area contributed by atoms with Crippen LogP contribution in [0.15, 0.2) is 83.4 Å². The van der Waals surface area contributed by atoms with Crippen LogP contribution in [0.5, 0.6) is 11.5 Å². The molecule has 1 aromatic heterocycles. The van der Waals surface area contributed by atoms with E-state index in [0.29, 0.717) is 34.5 Å². The average Bonchev–Trinajstić information content (AvgIpc) is 3.30. The van der Waals surface area contributed by atoms with Crippen molar-refractivity contribution in [1.82, 2.24) is 10.1 Å². The summed E-state index contributed by atoms with van der Waals surface area (Å²) in [6.07, 6.45) is -0.757. The van der Waals surface area contributed by atoms with Gasteiger partial charge in [-0.1, -0.05) is 59.8 Å². The molecule has 0 aliphatic carbocycles. The summed E-state index contributed by atoms with van der Waals surface area (Å²) >= 11 is 0. The highest BCUT2D eigenvalue weighted by Gasteiger charge is 2.20. The summed E-state index contributed by atoms with van der Waals surface area (Å²) in [5, 5.41) is 6.94. The Kier molecular flexibility index (Phi) is 5.93. The van der Waals surface area contributed by atoms with Gasteiger partial charge in [-0.15, -0.1) is 0 Å². The van der Waals surface area contributed by atoms with Gasteiger partial charge in [-0.2, -0.15) is 4.98 Å². The molecular weight excluding hydrogens is 394 g/mol. The third kappa shape index (κ3) is 4.56. The van der Waals surface area contributed by atoms with E-state index in [2.05, 4.69) is 15.5 Å². The van der Waals surface area contributed by atoms with Crippen LogP contribution in [0.25, 0.3) is 22.8 Å². The lowest BCUT2D eigenvalue weighted by molar-refractivity contribution is -0.122. The highest BCUT2D eigenvalue weighted by Crippen LogP contribution is 2.30. The van der Waals surface area contributed by atoms with E-state index in [1.54, 1.807) is 32.2 Å². The molecule has 1 atom stereocenters. The Balaban J connectivity index is 1.52. The number of para-hydroxylation sites is 3. The molecular formula is C24H21N3O4. The van der Waals surface area contributed by atoms with Gasteiger partial charge in [-0.25, -0.2) is 0 Å². The van der Waals surface area contributed by atoms with Crippen molar-refractivity contribution >= 4 is 11.6 Å². The smallest absolute Gasteiger partial charge is 0.265 e. The minimum absolute atomic E-state index is 0.313. The Morgan fingerprint density at radius 3 is 2.39 bits per heavy atom. The molecule has 3 aromatic carbocycles. The maximum absolute atomic E-state index is 12.8. The number of anilines is 1. The predicted molar refractivity (Wildman–Crippen MR) is 117 cm³/mol. The first-order valence-corrected chi connectivity index (χ1v) is 9.75. The van der Waals surface area contributed by atoms with Crippen molar-refractivity contribution in [1.29, 1.82) is 0 Å². The molecule has 0 aliphatic rings. The molecule has 7 heteroatoms. The maximum atomic E-state index is 12.8. The van der Waals surface area contributed by atoms with Gasteiger partial charge in [0.1, 0.15) is 0 Å². The summed E-state index contributed by atoms with van der Waals surface area (Å²) in [6, 6.07) is 23.9. The van der Waals surface area contributed by atoms with Crippen molar-refractivity contribution in [3.63, 3.8) is 0 Å². The minimum atomic E-state index is -0.757. The first-order chi connectivity index (χ1) is 15.2. The van der Waals surface area contributed by atoms with Gasteiger partial charge in [-0.3, -0.25) is 4.79 Å². The summed E-state index contributed by atoms with van der Waals surface area (Å²) < 4.78 is 16.5. The lowest BCUT2D eigenvalue weighted by Crippen LogP contribution is -2.30. The van der Waals surface area contributed by atoms with E-state index in [1.807, 2.05) is 60.7 Å². The molecule has 0 unspecified atom stereocenters. The van der Waals surface area contributed by atoms with E-state index < -0.39 is 6.10 Å². The van der Waals surface area contributed by atoms with E-state index >= 15 is 0 Å². The Labute approximate surface area is 179 Å². The molecule has 0 aliphatic heterocycles. The number of nitrogens with zero attached hydrogens (tertiary/aromatic N) is 2. The Morgan fingerprint density at radius 2 is 1.61 bits per heavy atom. The lowest BCUT2D eigenvalue weighted by Gasteiger charge is -2.17. The van der Waals surface area contributed by atoms with Crippen LogP contribution in [0.4, 0.5) is 5.69 Å². The highest BCUT2D eigenvalue weighted by atomic mass is 16.5. The number of hydrogen-bond acceptors (Lipinski definition) is 6. The van der Waals surface area contributed by atoms with Crippen molar-refractivity contribution in [2.24, 2.45) is 0 Å². The zero-order valence-corrected chi connectivity index (χ0v) is 17.1. The number of carbonyl (C=O) groups is 1. The van der Waals surface area contributed by atoms with Crippen molar-refractivity contribution in [3.8, 4) is 34.3 Å². The number of rotatable bonds is 7. The number of aromatic nitrogens is 2. The molecule has 0 saturated heterocycles. The van der Waals surface area contributed by atoms with E-state index in [1.165, 1.54) is 0 Å². The summed E-state index contributed by atoms with van der Waals surface area (Å²) in [4.78, 5) is 17.3. The lowest BCUT2D eigenvalue weighted by atomic mass is 10.1. The van der Waals surface area contributed by atoms with E-state index in [-0.39, 0.29) is 5.91 Å². The molecule has 31 heavy (non-hydrogen) atoms. The van der Waals surface area contributed by atoms with E-state index in [4.69, 9.17) is 14.0 Å². The molecule has 1 heterocycles. The normalized spacial score (nSPS) is 11.5. The minimum Gasteiger partial charge on any atom is -0.493 e. The summed E-state index contributed by atoms with van der Waals surface area (Å²) in [7, 11) is 1.55. The topological polar surface area (TPSA) is 86.5 Å². The molecule has 1 N–H and O–H groups in total. The Hall–Kier alpha value is -4.13. The van der Waals surface area contributed by atoms with Crippen LogP contribution in [-0.2, 0) is 4.79 Å². The second-order valence-electron chi connectivity index (χ2n) is 6.73. The molecule has 156 valence electrons. The van der Waals surface area contributed by atoms with Crippen LogP contribution >= 0.6 is 0 Å². The molecule has 1 amide bonds. The van der Waals surface area contributed by atoms with E-state index in [9.17, 15) is 4.79 Å². The molecule has 4 aromatic rings. The standard InChI is InChI=1S/C24H21N3O4/c1-16(30-21-15-9-8-14-20(21)29-2)23(28)25-19-13-7-6-12-18(19)24-26-22(27-31-24)17-10-4-3-5-11-17/h3-16H,1-2H3,(H,25,28)/t16-/m0/s1. The van der Waals surface area contributed by atoms with Crippen LogP contribution in [-0.4, -0.2) is 29.3 Å². The van der Waals surface area contributed by atoms with Gasteiger partial charge in [0.25, 0.3) is 11.8 Å². The summed E-state index contributed by atoms with van der Waals surface area (Å²) in [5.74, 6) is 1.52. The van der Waals surface area contributed by atoms with Gasteiger partial charge in [-0.05, 0) is 31.2 Å². The second-order valence-corrected chi connectivity index (χ2v) is 6.73. The number of hydrogen-bond donors (Lipinski definition) is 1. The SMILES string of the molecule is COc1ccccc1O[C@@H](C)C(=O)Nc1ccccc1-c1nc(-c2ccccc2)no1. The van der Waals surface area contributed by atoms with Crippen LogP contribution in [0, 0.1) is 0 Å². The number of methoxy groups -OCH3 is 1. The quantitative estimate of drug-likeness (QED) is 0.466. The fraction of sp³-hybridized carbons (Fsp3) is 0.125. The van der Waals surface area contributed by atoms with Gasteiger partial charge in [0.2, 0.25) is 5.82 Å². The van der Waals surface area contributed by atoms with E-state index in [0.717, 1.165) is 5.56 Å². The first kappa shape index (κ1) is 20.2. The molecule has 0 spiro atoms. The monoisotopic (exact) mass is 415 g/mol. The van der Waals surface area contributed by atoms with Crippen molar-refractivity contribution in [2.45, 2.75) is 13.0 Å². The number of ether oxygens (including phenoxy) is 2. The van der Waals surface area contributed by atoms with Crippen LogP contribution in [0.2, 0.25) is 0 Å². The van der Waals surface area contributed by atoms with Gasteiger partial charge >= 0.3 is 0 Å². The molecule has 0 saturated carbocycles. The number of benzene rings is 3. The third-order valence-corrected chi connectivity index (χ3v) is 4.62. The molecule has 4 rings (SSSR count). The summed E-state index contributed by atoms with van der Waals surface area (Å²) in [5.41, 5.74) is 2.01. The summed E-state index contributed by atoms with van der Waals surface area (Å²) in [6.45, 7) is 1.67. The van der Waals surface area contributed by atoms with Gasteiger partial charge in [0.05, 0.1) is 18.4 Å². The third-order valence-electron chi connectivity index (χ3n) is 4.62. The fourth-order valence-corrected chi connectivity index (χ4v) is 3.01. The Bertz CT molecular complexity index is 1170. The van der Waals surface area contributed by atoms with Gasteiger partial charge in [0.15, 0.2) is 17.6 Å². The first-order valence-electron chi connectivity index (χ1n) is 9.75. The average molecular weight is 415 g/mol.